The molecular weight excluding hydrogens is 242 g/mol. The van der Waals surface area contributed by atoms with Crippen molar-refractivity contribution in [3.8, 4) is 0 Å². The molecule has 0 radical (unpaired) electrons. The summed E-state index contributed by atoms with van der Waals surface area (Å²) in [6, 6.07) is 21.0. The van der Waals surface area contributed by atoms with Gasteiger partial charge in [-0.25, -0.2) is 0 Å². The molecule has 104 valence electrons. The van der Waals surface area contributed by atoms with Crippen LogP contribution in [0.3, 0.4) is 0 Å². The monoisotopic (exact) mass is 265 g/mol. The van der Waals surface area contributed by atoms with Crippen molar-refractivity contribution in [2.45, 2.75) is 45.3 Å². The standard InChI is InChI=1S/C19H23N/c1-15(2)20-14-18-11-7-6-10-17(18)13-19(20)12-16-8-4-3-5-9-16/h3-11,15,19H,12-14H2,1-2H3. The highest BCUT2D eigenvalue weighted by atomic mass is 15.2. The van der Waals surface area contributed by atoms with Gasteiger partial charge in [-0.1, -0.05) is 54.6 Å². The smallest absolute Gasteiger partial charge is 0.0242 e. The summed E-state index contributed by atoms with van der Waals surface area (Å²) in [6.45, 7) is 5.71. The van der Waals surface area contributed by atoms with Crippen molar-refractivity contribution < 1.29 is 0 Å². The first kappa shape index (κ1) is 13.4. The molecule has 1 aliphatic heterocycles. The van der Waals surface area contributed by atoms with Crippen LogP contribution in [-0.2, 0) is 19.4 Å². The highest BCUT2D eigenvalue weighted by Crippen LogP contribution is 2.27. The number of benzene rings is 2. The van der Waals surface area contributed by atoms with E-state index in [-0.39, 0.29) is 0 Å². The van der Waals surface area contributed by atoms with E-state index >= 15 is 0 Å². The Bertz CT molecular complexity index is 559. The highest BCUT2D eigenvalue weighted by molar-refractivity contribution is 5.31. The van der Waals surface area contributed by atoms with Gasteiger partial charge < -0.3 is 0 Å². The molecule has 2 aromatic rings. The van der Waals surface area contributed by atoms with Crippen molar-refractivity contribution in [3.05, 3.63) is 71.3 Å². The zero-order valence-electron chi connectivity index (χ0n) is 12.4. The summed E-state index contributed by atoms with van der Waals surface area (Å²) >= 11 is 0. The lowest BCUT2D eigenvalue weighted by Crippen LogP contribution is -2.45. The number of hydrogen-bond donors (Lipinski definition) is 0. The van der Waals surface area contributed by atoms with Crippen molar-refractivity contribution in [3.63, 3.8) is 0 Å². The van der Waals surface area contributed by atoms with Crippen LogP contribution in [0.5, 0.6) is 0 Å². The lowest BCUT2D eigenvalue weighted by molar-refractivity contribution is 0.129. The highest BCUT2D eigenvalue weighted by Gasteiger charge is 2.27. The maximum absolute atomic E-state index is 2.65. The Balaban J connectivity index is 1.85. The van der Waals surface area contributed by atoms with Gasteiger partial charge in [0, 0.05) is 18.6 Å². The van der Waals surface area contributed by atoms with E-state index in [4.69, 9.17) is 0 Å². The summed E-state index contributed by atoms with van der Waals surface area (Å²) in [7, 11) is 0. The molecule has 1 aliphatic rings. The van der Waals surface area contributed by atoms with E-state index in [2.05, 4.69) is 73.3 Å². The SMILES string of the molecule is CC(C)N1Cc2ccccc2CC1Cc1ccccc1. The Kier molecular flexibility index (Phi) is 3.88. The minimum Gasteiger partial charge on any atom is -0.293 e. The summed E-state index contributed by atoms with van der Waals surface area (Å²) in [6.07, 6.45) is 2.32. The molecule has 0 bridgehead atoms. The fraction of sp³-hybridized carbons (Fsp3) is 0.368. The maximum Gasteiger partial charge on any atom is 0.0242 e. The van der Waals surface area contributed by atoms with Crippen LogP contribution in [0.15, 0.2) is 54.6 Å². The molecule has 0 N–H and O–H groups in total. The molecular formula is C19H23N. The quantitative estimate of drug-likeness (QED) is 0.809. The zero-order valence-corrected chi connectivity index (χ0v) is 12.4. The molecule has 0 aromatic heterocycles. The third-order valence-electron chi connectivity index (χ3n) is 4.37. The van der Waals surface area contributed by atoms with Crippen LogP contribution in [0.2, 0.25) is 0 Å². The average Bonchev–Trinajstić information content (AvgIpc) is 2.47. The molecule has 0 saturated carbocycles. The minimum atomic E-state index is 0.595. The minimum absolute atomic E-state index is 0.595. The van der Waals surface area contributed by atoms with E-state index in [0.717, 1.165) is 13.0 Å². The molecule has 1 atom stereocenters. The van der Waals surface area contributed by atoms with Gasteiger partial charge >= 0.3 is 0 Å². The summed E-state index contributed by atoms with van der Waals surface area (Å²) in [5.41, 5.74) is 4.48. The first-order chi connectivity index (χ1) is 9.74. The topological polar surface area (TPSA) is 3.24 Å². The summed E-state index contributed by atoms with van der Waals surface area (Å²) in [5.74, 6) is 0. The molecule has 0 amide bonds. The fourth-order valence-corrected chi connectivity index (χ4v) is 3.29. The van der Waals surface area contributed by atoms with Crippen LogP contribution in [-0.4, -0.2) is 17.0 Å². The predicted molar refractivity (Wildman–Crippen MR) is 84.8 cm³/mol. The summed E-state index contributed by atoms with van der Waals surface area (Å²) in [4.78, 5) is 2.65. The Hall–Kier alpha value is -1.60. The molecule has 0 saturated heterocycles. The Morgan fingerprint density at radius 2 is 1.60 bits per heavy atom. The number of nitrogens with zero attached hydrogens (tertiary/aromatic N) is 1. The maximum atomic E-state index is 2.65. The molecule has 1 unspecified atom stereocenters. The van der Waals surface area contributed by atoms with E-state index in [1.54, 1.807) is 0 Å². The van der Waals surface area contributed by atoms with Crippen molar-refractivity contribution in [1.29, 1.82) is 0 Å². The normalized spacial score (nSPS) is 19.1. The van der Waals surface area contributed by atoms with Crippen molar-refractivity contribution in [1.82, 2.24) is 4.90 Å². The number of fused-ring (bicyclic) bond motifs is 1. The largest absolute Gasteiger partial charge is 0.293 e. The predicted octanol–water partition coefficient (Wildman–Crippen LogP) is 4.06. The average molecular weight is 265 g/mol. The van der Waals surface area contributed by atoms with Crippen LogP contribution in [0.4, 0.5) is 0 Å². The summed E-state index contributed by atoms with van der Waals surface area (Å²) < 4.78 is 0. The van der Waals surface area contributed by atoms with E-state index in [1.165, 1.54) is 23.1 Å². The van der Waals surface area contributed by atoms with E-state index in [1.807, 2.05) is 0 Å². The third-order valence-corrected chi connectivity index (χ3v) is 4.37. The first-order valence-electron chi connectivity index (χ1n) is 7.60. The molecule has 20 heavy (non-hydrogen) atoms. The van der Waals surface area contributed by atoms with Gasteiger partial charge in [-0.05, 0) is 43.4 Å². The Morgan fingerprint density at radius 3 is 2.30 bits per heavy atom. The lowest BCUT2D eigenvalue weighted by Gasteiger charge is -2.40. The third kappa shape index (κ3) is 2.78. The second-order valence-corrected chi connectivity index (χ2v) is 6.08. The van der Waals surface area contributed by atoms with E-state index < -0.39 is 0 Å². The second kappa shape index (κ2) is 5.80. The van der Waals surface area contributed by atoms with Gasteiger partial charge in [0.2, 0.25) is 0 Å². The van der Waals surface area contributed by atoms with Crippen molar-refractivity contribution >= 4 is 0 Å². The van der Waals surface area contributed by atoms with Gasteiger partial charge in [-0.2, -0.15) is 0 Å². The number of rotatable bonds is 3. The Labute approximate surface area is 122 Å². The van der Waals surface area contributed by atoms with Gasteiger partial charge in [-0.15, -0.1) is 0 Å². The fourth-order valence-electron chi connectivity index (χ4n) is 3.29. The second-order valence-electron chi connectivity index (χ2n) is 6.08. The van der Waals surface area contributed by atoms with Gasteiger partial charge in [0.1, 0.15) is 0 Å². The molecule has 0 aliphatic carbocycles. The molecule has 1 heteroatoms. The van der Waals surface area contributed by atoms with E-state index in [9.17, 15) is 0 Å². The van der Waals surface area contributed by atoms with Crippen molar-refractivity contribution in [2.24, 2.45) is 0 Å². The van der Waals surface area contributed by atoms with Gasteiger partial charge in [0.25, 0.3) is 0 Å². The number of hydrogen-bond acceptors (Lipinski definition) is 1. The molecule has 1 heterocycles. The molecule has 0 spiro atoms. The van der Waals surface area contributed by atoms with Crippen LogP contribution in [0, 0.1) is 0 Å². The van der Waals surface area contributed by atoms with Crippen LogP contribution in [0.25, 0.3) is 0 Å². The van der Waals surface area contributed by atoms with Crippen LogP contribution < -0.4 is 0 Å². The molecule has 1 nitrogen and oxygen atoms in total. The van der Waals surface area contributed by atoms with Gasteiger partial charge in [0.05, 0.1) is 0 Å². The summed E-state index contributed by atoms with van der Waals surface area (Å²) in [5, 5.41) is 0. The van der Waals surface area contributed by atoms with Gasteiger partial charge in [-0.3, -0.25) is 4.90 Å². The van der Waals surface area contributed by atoms with Crippen LogP contribution >= 0.6 is 0 Å². The molecule has 0 fully saturated rings. The molecule has 3 rings (SSSR count). The zero-order chi connectivity index (χ0) is 13.9. The van der Waals surface area contributed by atoms with E-state index in [0.29, 0.717) is 12.1 Å². The molecule has 2 aromatic carbocycles. The van der Waals surface area contributed by atoms with Crippen molar-refractivity contribution in [2.75, 3.05) is 0 Å². The van der Waals surface area contributed by atoms with Gasteiger partial charge in [0.15, 0.2) is 0 Å². The lowest BCUT2D eigenvalue weighted by atomic mass is 9.89. The van der Waals surface area contributed by atoms with Crippen LogP contribution in [0.1, 0.15) is 30.5 Å². The Morgan fingerprint density at radius 1 is 0.950 bits per heavy atom. The first-order valence-corrected chi connectivity index (χ1v) is 7.60.